The van der Waals surface area contributed by atoms with Crippen molar-refractivity contribution < 1.29 is 14.3 Å². The lowest BCUT2D eigenvalue weighted by molar-refractivity contribution is 0.0697. The minimum Gasteiger partial charge on any atom is -0.478 e. The first kappa shape index (κ1) is 20.9. The maximum absolute atomic E-state index is 11.4. The van der Waals surface area contributed by atoms with E-state index < -0.39 is 5.97 Å². The SMILES string of the molecule is Cc1cccc(N2C(=S)NC(c3ccccn3)C2c2ccc(-c3cccc(C(=O)O)c3)o2)c1. The molecule has 1 saturated heterocycles. The van der Waals surface area contributed by atoms with Crippen LogP contribution >= 0.6 is 12.2 Å². The number of aromatic nitrogens is 1. The van der Waals surface area contributed by atoms with Crippen LogP contribution in [0.3, 0.4) is 0 Å². The van der Waals surface area contributed by atoms with Crippen LogP contribution in [0.25, 0.3) is 11.3 Å². The molecule has 0 bridgehead atoms. The fourth-order valence-corrected chi connectivity index (χ4v) is 4.52. The summed E-state index contributed by atoms with van der Waals surface area (Å²) in [5.41, 5.74) is 3.85. The van der Waals surface area contributed by atoms with Crippen LogP contribution in [0.1, 0.15) is 39.5 Å². The minimum atomic E-state index is -0.977. The van der Waals surface area contributed by atoms with Gasteiger partial charge in [-0.3, -0.25) is 4.98 Å². The number of rotatable bonds is 5. The molecular weight excluding hydrogens is 434 g/mol. The van der Waals surface area contributed by atoms with Crippen LogP contribution in [0.2, 0.25) is 0 Å². The molecule has 2 aromatic carbocycles. The van der Waals surface area contributed by atoms with E-state index in [-0.39, 0.29) is 17.6 Å². The van der Waals surface area contributed by atoms with Gasteiger partial charge >= 0.3 is 5.97 Å². The second-order valence-electron chi connectivity index (χ2n) is 7.92. The van der Waals surface area contributed by atoms with Crippen molar-refractivity contribution in [3.8, 4) is 11.3 Å². The first-order valence-corrected chi connectivity index (χ1v) is 10.9. The van der Waals surface area contributed by atoms with Crippen molar-refractivity contribution in [2.24, 2.45) is 0 Å². The van der Waals surface area contributed by atoms with Gasteiger partial charge in [0.05, 0.1) is 17.3 Å². The number of benzene rings is 2. The normalized spacial score (nSPS) is 17.7. The summed E-state index contributed by atoms with van der Waals surface area (Å²) in [4.78, 5) is 18.0. The van der Waals surface area contributed by atoms with Crippen molar-refractivity contribution >= 4 is 29.0 Å². The number of hydrogen-bond acceptors (Lipinski definition) is 4. The Balaban J connectivity index is 1.59. The summed E-state index contributed by atoms with van der Waals surface area (Å²) in [5, 5.41) is 13.3. The topological polar surface area (TPSA) is 78.6 Å². The van der Waals surface area contributed by atoms with Gasteiger partial charge in [0.2, 0.25) is 0 Å². The number of nitrogens with one attached hydrogen (secondary N) is 1. The molecular formula is C26H21N3O3S. The molecule has 5 rings (SSSR count). The molecule has 0 spiro atoms. The maximum Gasteiger partial charge on any atom is 0.335 e. The Kier molecular flexibility index (Phi) is 5.40. The van der Waals surface area contributed by atoms with Gasteiger partial charge in [0, 0.05) is 17.4 Å². The summed E-state index contributed by atoms with van der Waals surface area (Å²) in [6.07, 6.45) is 1.76. The number of nitrogens with zero attached hydrogens (tertiary/aromatic N) is 2. The van der Waals surface area contributed by atoms with E-state index >= 15 is 0 Å². The number of anilines is 1. The van der Waals surface area contributed by atoms with Gasteiger partial charge in [-0.05, 0) is 73.2 Å². The average molecular weight is 456 g/mol. The zero-order valence-electron chi connectivity index (χ0n) is 17.8. The summed E-state index contributed by atoms with van der Waals surface area (Å²) in [6, 6.07) is 24.0. The predicted molar refractivity (Wildman–Crippen MR) is 130 cm³/mol. The Morgan fingerprint density at radius 2 is 1.91 bits per heavy atom. The second kappa shape index (κ2) is 8.52. The Hall–Kier alpha value is -3.97. The first-order chi connectivity index (χ1) is 16.0. The largest absolute Gasteiger partial charge is 0.478 e. The molecule has 164 valence electrons. The number of pyridine rings is 1. The van der Waals surface area contributed by atoms with Gasteiger partial charge < -0.3 is 19.7 Å². The fourth-order valence-electron chi connectivity index (χ4n) is 4.17. The third-order valence-corrected chi connectivity index (χ3v) is 6.00. The molecule has 2 unspecified atom stereocenters. The zero-order chi connectivity index (χ0) is 22.9. The molecule has 1 aliphatic rings. The number of aromatic carboxylic acids is 1. The molecule has 0 saturated carbocycles. The van der Waals surface area contributed by atoms with Crippen molar-refractivity contribution in [3.63, 3.8) is 0 Å². The van der Waals surface area contributed by atoms with E-state index in [1.807, 2.05) is 61.5 Å². The lowest BCUT2D eigenvalue weighted by Crippen LogP contribution is -2.29. The highest BCUT2D eigenvalue weighted by atomic mass is 32.1. The number of carboxylic acids is 1. The quantitative estimate of drug-likeness (QED) is 0.383. The molecule has 0 radical (unpaired) electrons. The monoisotopic (exact) mass is 455 g/mol. The Morgan fingerprint density at radius 3 is 2.67 bits per heavy atom. The second-order valence-corrected chi connectivity index (χ2v) is 8.31. The molecule has 33 heavy (non-hydrogen) atoms. The summed E-state index contributed by atoms with van der Waals surface area (Å²) < 4.78 is 6.31. The van der Waals surface area contributed by atoms with Crippen molar-refractivity contribution in [3.05, 3.63) is 108 Å². The summed E-state index contributed by atoms with van der Waals surface area (Å²) in [6.45, 7) is 2.04. The van der Waals surface area contributed by atoms with Gasteiger partial charge in [-0.2, -0.15) is 0 Å². The smallest absolute Gasteiger partial charge is 0.335 e. The Labute approximate surface area is 196 Å². The van der Waals surface area contributed by atoms with E-state index in [0.29, 0.717) is 22.2 Å². The third-order valence-electron chi connectivity index (χ3n) is 5.69. The van der Waals surface area contributed by atoms with E-state index in [4.69, 9.17) is 16.6 Å². The molecule has 0 amide bonds. The molecule has 2 N–H and O–H groups in total. The lowest BCUT2D eigenvalue weighted by atomic mass is 10.0. The average Bonchev–Trinajstić information content (AvgIpc) is 3.44. The van der Waals surface area contributed by atoms with Gasteiger partial charge in [0.25, 0.3) is 0 Å². The highest BCUT2D eigenvalue weighted by Crippen LogP contribution is 2.43. The molecule has 4 aromatic rings. The van der Waals surface area contributed by atoms with Crippen LogP contribution in [0.4, 0.5) is 5.69 Å². The van der Waals surface area contributed by atoms with Crippen LogP contribution in [-0.2, 0) is 0 Å². The molecule has 3 heterocycles. The predicted octanol–water partition coefficient (Wildman–Crippen LogP) is 5.53. The minimum absolute atomic E-state index is 0.210. The van der Waals surface area contributed by atoms with Crippen molar-refractivity contribution in [1.29, 1.82) is 0 Å². The van der Waals surface area contributed by atoms with Crippen LogP contribution in [0.5, 0.6) is 0 Å². The van der Waals surface area contributed by atoms with Gasteiger partial charge in [-0.25, -0.2) is 4.79 Å². The van der Waals surface area contributed by atoms with E-state index in [1.54, 1.807) is 24.4 Å². The molecule has 1 fully saturated rings. The van der Waals surface area contributed by atoms with Gasteiger partial charge in [0.15, 0.2) is 5.11 Å². The van der Waals surface area contributed by atoms with Crippen LogP contribution in [0.15, 0.2) is 89.5 Å². The van der Waals surface area contributed by atoms with Crippen LogP contribution < -0.4 is 10.2 Å². The van der Waals surface area contributed by atoms with E-state index in [1.165, 1.54) is 0 Å². The molecule has 1 aliphatic heterocycles. The van der Waals surface area contributed by atoms with Crippen molar-refractivity contribution in [1.82, 2.24) is 10.3 Å². The maximum atomic E-state index is 11.4. The van der Waals surface area contributed by atoms with Gasteiger partial charge in [0.1, 0.15) is 17.6 Å². The number of furan rings is 1. The highest BCUT2D eigenvalue weighted by molar-refractivity contribution is 7.80. The van der Waals surface area contributed by atoms with E-state index in [9.17, 15) is 9.90 Å². The fraction of sp³-hybridized carbons (Fsp3) is 0.115. The third kappa shape index (κ3) is 3.99. The molecule has 0 aliphatic carbocycles. The van der Waals surface area contributed by atoms with Gasteiger partial charge in [-0.1, -0.05) is 30.3 Å². The highest BCUT2D eigenvalue weighted by Gasteiger charge is 2.42. The molecule has 6 nitrogen and oxygen atoms in total. The first-order valence-electron chi connectivity index (χ1n) is 10.5. The van der Waals surface area contributed by atoms with Crippen LogP contribution in [0, 0.1) is 6.92 Å². The number of hydrogen-bond donors (Lipinski definition) is 2. The number of carboxylic acid groups (broad SMARTS) is 1. The molecule has 2 aromatic heterocycles. The van der Waals surface area contributed by atoms with E-state index in [0.717, 1.165) is 16.9 Å². The number of thiocarbonyl (C=S) groups is 1. The zero-order valence-corrected chi connectivity index (χ0v) is 18.6. The number of aryl methyl sites for hydroxylation is 1. The summed E-state index contributed by atoms with van der Waals surface area (Å²) in [7, 11) is 0. The lowest BCUT2D eigenvalue weighted by Gasteiger charge is -2.26. The van der Waals surface area contributed by atoms with Crippen molar-refractivity contribution in [2.45, 2.75) is 19.0 Å². The number of carbonyl (C=O) groups is 1. The van der Waals surface area contributed by atoms with Crippen molar-refractivity contribution in [2.75, 3.05) is 4.90 Å². The summed E-state index contributed by atoms with van der Waals surface area (Å²) >= 11 is 5.75. The Bertz CT molecular complexity index is 1340. The van der Waals surface area contributed by atoms with Gasteiger partial charge in [-0.15, -0.1) is 0 Å². The molecule has 7 heteroatoms. The standard InChI is InChI=1S/C26H21N3O3S/c1-16-6-4-9-19(14-16)29-24(23(28-26(29)33)20-10-2-3-13-27-20)22-12-11-21(32-22)17-7-5-8-18(15-17)25(30)31/h2-15,23-24H,1H3,(H,28,33)(H,30,31). The molecule has 2 atom stereocenters. The Morgan fingerprint density at radius 1 is 1.06 bits per heavy atom. The summed E-state index contributed by atoms with van der Waals surface area (Å²) in [5.74, 6) is 0.319. The van der Waals surface area contributed by atoms with E-state index in [2.05, 4.69) is 21.3 Å². The van der Waals surface area contributed by atoms with Crippen LogP contribution in [-0.4, -0.2) is 21.2 Å².